The second-order valence-electron chi connectivity index (χ2n) is 7.20. The molecule has 2 aromatic heterocycles. The van der Waals surface area contributed by atoms with Gasteiger partial charge in [0.05, 0.1) is 18.9 Å². The van der Waals surface area contributed by atoms with Gasteiger partial charge in [0.25, 0.3) is 5.91 Å². The molecular formula is C24H22N4O3S. The fourth-order valence-electron chi connectivity index (χ4n) is 2.98. The van der Waals surface area contributed by atoms with Crippen molar-refractivity contribution in [2.24, 2.45) is 0 Å². The maximum Gasteiger partial charge on any atom is 0.276 e. The predicted octanol–water partition coefficient (Wildman–Crippen LogP) is 5.32. The maximum absolute atomic E-state index is 12.7. The summed E-state index contributed by atoms with van der Waals surface area (Å²) in [5, 5.41) is 5.28. The number of nitrogens with zero attached hydrogens (tertiary/aromatic N) is 3. The van der Waals surface area contributed by atoms with Gasteiger partial charge in [-0.1, -0.05) is 0 Å². The Bertz CT molecular complexity index is 1200. The Morgan fingerprint density at radius 1 is 0.969 bits per heavy atom. The molecule has 4 aromatic rings. The standard InChI is InChI=1S/C24H22N4O3S/c1-15(2)31-19-10-6-17(7-11-19)24-27-21(13-32-24)23(29)28-22-12-20(25-14-26-22)16-4-8-18(30-3)9-5-16/h4-15H,1-3H3,(H,25,26,28,29). The van der Waals surface area contributed by atoms with Gasteiger partial charge in [0, 0.05) is 22.6 Å². The molecule has 0 saturated carbocycles. The molecule has 0 aliphatic rings. The molecular weight excluding hydrogens is 424 g/mol. The molecule has 0 saturated heterocycles. The molecule has 7 nitrogen and oxygen atoms in total. The number of methoxy groups -OCH3 is 1. The van der Waals surface area contributed by atoms with Gasteiger partial charge in [-0.25, -0.2) is 15.0 Å². The lowest BCUT2D eigenvalue weighted by Gasteiger charge is -2.09. The summed E-state index contributed by atoms with van der Waals surface area (Å²) >= 11 is 1.41. The van der Waals surface area contributed by atoms with Crippen molar-refractivity contribution in [3.8, 4) is 33.3 Å². The third-order valence-corrected chi connectivity index (χ3v) is 5.40. The van der Waals surface area contributed by atoms with Crippen molar-refractivity contribution in [1.82, 2.24) is 15.0 Å². The van der Waals surface area contributed by atoms with E-state index in [1.807, 2.05) is 62.4 Å². The van der Waals surface area contributed by atoms with Gasteiger partial charge in [-0.2, -0.15) is 0 Å². The number of hydrogen-bond donors (Lipinski definition) is 1. The van der Waals surface area contributed by atoms with Crippen LogP contribution in [0.2, 0.25) is 0 Å². The van der Waals surface area contributed by atoms with Crippen LogP contribution in [-0.2, 0) is 0 Å². The van der Waals surface area contributed by atoms with Crippen LogP contribution in [0.3, 0.4) is 0 Å². The largest absolute Gasteiger partial charge is 0.497 e. The third-order valence-electron chi connectivity index (χ3n) is 4.50. The quantitative estimate of drug-likeness (QED) is 0.414. The summed E-state index contributed by atoms with van der Waals surface area (Å²) in [5.41, 5.74) is 2.84. The molecule has 32 heavy (non-hydrogen) atoms. The average molecular weight is 447 g/mol. The first-order chi connectivity index (χ1) is 15.5. The lowest BCUT2D eigenvalue weighted by molar-refractivity contribution is 0.102. The van der Waals surface area contributed by atoms with E-state index in [2.05, 4.69) is 20.3 Å². The lowest BCUT2D eigenvalue weighted by atomic mass is 10.1. The molecule has 4 rings (SSSR count). The molecule has 8 heteroatoms. The van der Waals surface area contributed by atoms with Gasteiger partial charge < -0.3 is 14.8 Å². The topological polar surface area (TPSA) is 86.2 Å². The van der Waals surface area contributed by atoms with Crippen molar-refractivity contribution in [2.75, 3.05) is 12.4 Å². The predicted molar refractivity (Wildman–Crippen MR) is 125 cm³/mol. The van der Waals surface area contributed by atoms with Crippen LogP contribution in [0, 0.1) is 0 Å². The lowest BCUT2D eigenvalue weighted by Crippen LogP contribution is -2.13. The van der Waals surface area contributed by atoms with Crippen LogP contribution in [0.25, 0.3) is 21.8 Å². The highest BCUT2D eigenvalue weighted by atomic mass is 32.1. The Balaban J connectivity index is 1.46. The Hall–Kier alpha value is -3.78. The van der Waals surface area contributed by atoms with E-state index in [1.165, 1.54) is 17.7 Å². The second kappa shape index (κ2) is 9.57. The normalized spacial score (nSPS) is 10.8. The molecule has 2 aromatic carbocycles. The van der Waals surface area contributed by atoms with Crippen LogP contribution in [0.5, 0.6) is 11.5 Å². The van der Waals surface area contributed by atoms with Gasteiger partial charge >= 0.3 is 0 Å². The first kappa shape index (κ1) is 21.5. The van der Waals surface area contributed by atoms with Gasteiger partial charge in [-0.05, 0) is 62.4 Å². The Morgan fingerprint density at radius 3 is 2.34 bits per heavy atom. The van der Waals surface area contributed by atoms with Crippen molar-refractivity contribution in [3.05, 3.63) is 72.0 Å². The summed E-state index contributed by atoms with van der Waals surface area (Å²) in [7, 11) is 1.62. The third kappa shape index (κ3) is 5.09. The van der Waals surface area contributed by atoms with E-state index in [-0.39, 0.29) is 12.0 Å². The maximum atomic E-state index is 12.7. The minimum Gasteiger partial charge on any atom is -0.497 e. The number of thiazole rings is 1. The van der Waals surface area contributed by atoms with Gasteiger partial charge in [-0.15, -0.1) is 11.3 Å². The molecule has 0 fully saturated rings. The molecule has 0 aliphatic carbocycles. The Labute approximate surface area is 190 Å². The summed E-state index contributed by atoms with van der Waals surface area (Å²) in [6.07, 6.45) is 1.53. The number of hydrogen-bond acceptors (Lipinski definition) is 7. The molecule has 0 unspecified atom stereocenters. The zero-order chi connectivity index (χ0) is 22.5. The Kier molecular flexibility index (Phi) is 6.42. The minimum atomic E-state index is -0.327. The fourth-order valence-corrected chi connectivity index (χ4v) is 3.79. The van der Waals surface area contributed by atoms with Crippen molar-refractivity contribution in [1.29, 1.82) is 0 Å². The molecule has 162 valence electrons. The molecule has 0 bridgehead atoms. The van der Waals surface area contributed by atoms with Gasteiger partial charge in [0.15, 0.2) is 0 Å². The van der Waals surface area contributed by atoms with Crippen molar-refractivity contribution in [2.45, 2.75) is 20.0 Å². The fraction of sp³-hybridized carbons (Fsp3) is 0.167. The number of amides is 1. The van der Waals surface area contributed by atoms with Gasteiger partial charge in [0.2, 0.25) is 0 Å². The van der Waals surface area contributed by atoms with Gasteiger partial charge in [0.1, 0.15) is 34.3 Å². The van der Waals surface area contributed by atoms with E-state index < -0.39 is 0 Å². The number of ether oxygens (including phenoxy) is 2. The van der Waals surface area contributed by atoms with Crippen LogP contribution in [-0.4, -0.2) is 34.1 Å². The zero-order valence-corrected chi connectivity index (χ0v) is 18.7. The first-order valence-corrected chi connectivity index (χ1v) is 10.9. The number of nitrogens with one attached hydrogen (secondary N) is 1. The van der Waals surface area contributed by atoms with Crippen molar-refractivity contribution in [3.63, 3.8) is 0 Å². The summed E-state index contributed by atoms with van der Waals surface area (Å²) in [4.78, 5) is 25.6. The average Bonchev–Trinajstić information content (AvgIpc) is 3.30. The number of rotatable bonds is 7. The van der Waals surface area contributed by atoms with E-state index in [9.17, 15) is 4.79 Å². The van der Waals surface area contributed by atoms with Crippen molar-refractivity contribution >= 4 is 23.1 Å². The number of carbonyl (C=O) groups is 1. The van der Waals surface area contributed by atoms with E-state index >= 15 is 0 Å². The van der Waals surface area contributed by atoms with E-state index in [4.69, 9.17) is 9.47 Å². The number of benzene rings is 2. The monoisotopic (exact) mass is 446 g/mol. The minimum absolute atomic E-state index is 0.114. The Morgan fingerprint density at radius 2 is 1.66 bits per heavy atom. The summed E-state index contributed by atoms with van der Waals surface area (Å²) in [6, 6.07) is 16.9. The molecule has 0 atom stereocenters. The summed E-state index contributed by atoms with van der Waals surface area (Å²) in [6.45, 7) is 3.97. The second-order valence-corrected chi connectivity index (χ2v) is 8.06. The highest BCUT2D eigenvalue weighted by Gasteiger charge is 2.14. The number of carbonyl (C=O) groups excluding carboxylic acids is 1. The van der Waals surface area contributed by atoms with E-state index in [1.54, 1.807) is 18.6 Å². The van der Waals surface area contributed by atoms with Crippen molar-refractivity contribution < 1.29 is 14.3 Å². The van der Waals surface area contributed by atoms with Crippen LogP contribution < -0.4 is 14.8 Å². The zero-order valence-electron chi connectivity index (χ0n) is 17.9. The molecule has 0 radical (unpaired) electrons. The molecule has 0 spiro atoms. The molecule has 1 N–H and O–H groups in total. The van der Waals surface area contributed by atoms with Gasteiger partial charge in [-0.3, -0.25) is 4.79 Å². The van der Waals surface area contributed by atoms with Crippen LogP contribution in [0.1, 0.15) is 24.3 Å². The highest BCUT2D eigenvalue weighted by molar-refractivity contribution is 7.13. The highest BCUT2D eigenvalue weighted by Crippen LogP contribution is 2.27. The number of anilines is 1. The summed E-state index contributed by atoms with van der Waals surface area (Å²) in [5.74, 6) is 1.64. The first-order valence-electron chi connectivity index (χ1n) is 10.0. The van der Waals surface area contributed by atoms with Crippen LogP contribution >= 0.6 is 11.3 Å². The van der Waals surface area contributed by atoms with E-state index in [0.717, 1.165) is 27.6 Å². The SMILES string of the molecule is COc1ccc(-c2cc(NC(=O)c3csc(-c4ccc(OC(C)C)cc4)n3)ncn2)cc1. The molecule has 1 amide bonds. The molecule has 2 heterocycles. The summed E-state index contributed by atoms with van der Waals surface area (Å²) < 4.78 is 10.9. The van der Waals surface area contributed by atoms with E-state index in [0.29, 0.717) is 17.2 Å². The number of aromatic nitrogens is 3. The smallest absolute Gasteiger partial charge is 0.276 e. The molecule has 0 aliphatic heterocycles. The van der Waals surface area contributed by atoms with Crippen LogP contribution in [0.15, 0.2) is 66.3 Å². The van der Waals surface area contributed by atoms with Crippen LogP contribution in [0.4, 0.5) is 5.82 Å².